The third kappa shape index (κ3) is 4.30. The average molecular weight is 265 g/mol. The molecule has 0 saturated carbocycles. The number of anilines is 1. The predicted octanol–water partition coefficient (Wildman–Crippen LogP) is 0.468. The first-order valence-electron chi connectivity index (χ1n) is 5.49. The molecule has 7 nitrogen and oxygen atoms in total. The second-order valence-electron chi connectivity index (χ2n) is 3.79. The Bertz CT molecular complexity index is 484. The van der Waals surface area contributed by atoms with E-state index >= 15 is 0 Å². The Hall–Kier alpha value is -2.57. The van der Waals surface area contributed by atoms with E-state index in [-0.39, 0.29) is 0 Å². The van der Waals surface area contributed by atoms with E-state index in [9.17, 15) is 14.4 Å². The van der Waals surface area contributed by atoms with E-state index in [0.29, 0.717) is 11.3 Å². The van der Waals surface area contributed by atoms with Crippen LogP contribution >= 0.6 is 0 Å². The molecule has 0 aliphatic rings. The van der Waals surface area contributed by atoms with E-state index in [4.69, 9.17) is 5.73 Å². The summed E-state index contributed by atoms with van der Waals surface area (Å²) in [4.78, 5) is 33.5. The Balaban J connectivity index is 2.65. The van der Waals surface area contributed by atoms with Crippen molar-refractivity contribution >= 4 is 23.6 Å². The molecule has 0 aromatic heterocycles. The SMILES string of the molecule is COC(=O)c1ccc(NC(=O)[C@@H](C)NC(N)=O)cc1. The van der Waals surface area contributed by atoms with Crippen LogP contribution in [0.15, 0.2) is 24.3 Å². The molecule has 19 heavy (non-hydrogen) atoms. The maximum atomic E-state index is 11.6. The Kier molecular flexibility index (Phi) is 4.87. The summed E-state index contributed by atoms with van der Waals surface area (Å²) in [6, 6.07) is 4.63. The molecule has 102 valence electrons. The van der Waals surface area contributed by atoms with Crippen LogP contribution in [0.1, 0.15) is 17.3 Å². The zero-order valence-corrected chi connectivity index (χ0v) is 10.6. The van der Waals surface area contributed by atoms with Crippen molar-refractivity contribution in [1.82, 2.24) is 5.32 Å². The molecule has 0 aliphatic heterocycles. The molecule has 0 bridgehead atoms. The van der Waals surface area contributed by atoms with Gasteiger partial charge in [-0.3, -0.25) is 4.79 Å². The molecule has 1 aromatic carbocycles. The van der Waals surface area contributed by atoms with Gasteiger partial charge in [-0.25, -0.2) is 9.59 Å². The third-order valence-electron chi connectivity index (χ3n) is 2.33. The van der Waals surface area contributed by atoms with Crippen molar-refractivity contribution in [2.45, 2.75) is 13.0 Å². The molecule has 0 aliphatic carbocycles. The minimum absolute atomic E-state index is 0.379. The van der Waals surface area contributed by atoms with Gasteiger partial charge in [0.05, 0.1) is 12.7 Å². The number of hydrogen-bond acceptors (Lipinski definition) is 4. The summed E-state index contributed by atoms with van der Waals surface area (Å²) >= 11 is 0. The molecule has 0 saturated heterocycles. The fourth-order valence-electron chi connectivity index (χ4n) is 1.34. The van der Waals surface area contributed by atoms with Crippen molar-refractivity contribution in [2.24, 2.45) is 5.73 Å². The van der Waals surface area contributed by atoms with Crippen molar-refractivity contribution < 1.29 is 19.1 Å². The summed E-state index contributed by atoms with van der Waals surface area (Å²) in [5.74, 6) is -0.869. The number of rotatable bonds is 4. The molecular weight excluding hydrogens is 250 g/mol. The highest BCUT2D eigenvalue weighted by Crippen LogP contribution is 2.10. The highest BCUT2D eigenvalue weighted by molar-refractivity contribution is 5.97. The Morgan fingerprint density at radius 1 is 1.21 bits per heavy atom. The fourth-order valence-corrected chi connectivity index (χ4v) is 1.34. The molecule has 1 atom stereocenters. The summed E-state index contributed by atoms with van der Waals surface area (Å²) in [7, 11) is 1.29. The second-order valence-corrected chi connectivity index (χ2v) is 3.79. The topological polar surface area (TPSA) is 111 Å². The van der Waals surface area contributed by atoms with Crippen molar-refractivity contribution in [3.63, 3.8) is 0 Å². The Morgan fingerprint density at radius 2 is 1.79 bits per heavy atom. The number of methoxy groups -OCH3 is 1. The van der Waals surface area contributed by atoms with Crippen molar-refractivity contribution in [3.05, 3.63) is 29.8 Å². The number of benzene rings is 1. The number of primary amides is 1. The van der Waals surface area contributed by atoms with E-state index < -0.39 is 23.9 Å². The van der Waals surface area contributed by atoms with Gasteiger partial charge in [0.2, 0.25) is 5.91 Å². The number of hydrogen-bond donors (Lipinski definition) is 3. The minimum atomic E-state index is -0.774. The van der Waals surface area contributed by atoms with Gasteiger partial charge in [0, 0.05) is 5.69 Å². The predicted molar refractivity (Wildman–Crippen MR) is 68.6 cm³/mol. The summed E-state index contributed by atoms with van der Waals surface area (Å²) in [5.41, 5.74) is 5.79. The first kappa shape index (κ1) is 14.5. The summed E-state index contributed by atoms with van der Waals surface area (Å²) in [6.45, 7) is 1.50. The lowest BCUT2D eigenvalue weighted by molar-refractivity contribution is -0.117. The van der Waals surface area contributed by atoms with Gasteiger partial charge in [0.15, 0.2) is 0 Å². The molecule has 3 amide bonds. The first-order chi connectivity index (χ1) is 8.93. The Labute approximate surface area is 110 Å². The maximum absolute atomic E-state index is 11.6. The molecule has 0 heterocycles. The number of urea groups is 1. The number of amides is 3. The highest BCUT2D eigenvalue weighted by atomic mass is 16.5. The van der Waals surface area contributed by atoms with Gasteiger partial charge in [-0.15, -0.1) is 0 Å². The molecule has 0 fully saturated rings. The third-order valence-corrected chi connectivity index (χ3v) is 2.33. The zero-order valence-electron chi connectivity index (χ0n) is 10.6. The maximum Gasteiger partial charge on any atom is 0.337 e. The van der Waals surface area contributed by atoms with E-state index in [2.05, 4.69) is 15.4 Å². The zero-order chi connectivity index (χ0) is 14.4. The van der Waals surface area contributed by atoms with Crippen LogP contribution in [0, 0.1) is 0 Å². The van der Waals surface area contributed by atoms with Crippen LogP contribution in [0.4, 0.5) is 10.5 Å². The van der Waals surface area contributed by atoms with E-state index in [0.717, 1.165) is 0 Å². The number of carbonyl (C=O) groups is 3. The summed E-state index contributed by atoms with van der Waals surface area (Å²) in [6.07, 6.45) is 0. The van der Waals surface area contributed by atoms with Gasteiger partial charge in [-0.05, 0) is 31.2 Å². The van der Waals surface area contributed by atoms with Gasteiger partial charge < -0.3 is 21.1 Å². The van der Waals surface area contributed by atoms with Crippen LogP contribution < -0.4 is 16.4 Å². The fraction of sp³-hybridized carbons (Fsp3) is 0.250. The van der Waals surface area contributed by atoms with Gasteiger partial charge in [-0.2, -0.15) is 0 Å². The van der Waals surface area contributed by atoms with Crippen LogP contribution in [0.25, 0.3) is 0 Å². The number of esters is 1. The molecule has 4 N–H and O–H groups in total. The largest absolute Gasteiger partial charge is 0.465 e. The van der Waals surface area contributed by atoms with E-state index in [1.165, 1.54) is 26.2 Å². The van der Waals surface area contributed by atoms with E-state index in [1.54, 1.807) is 12.1 Å². The number of nitrogens with two attached hydrogens (primary N) is 1. The van der Waals surface area contributed by atoms with Crippen molar-refractivity contribution in [1.29, 1.82) is 0 Å². The highest BCUT2D eigenvalue weighted by Gasteiger charge is 2.14. The normalized spacial score (nSPS) is 11.3. The van der Waals surface area contributed by atoms with Crippen LogP contribution in [0.5, 0.6) is 0 Å². The van der Waals surface area contributed by atoms with Gasteiger partial charge in [0.1, 0.15) is 6.04 Å². The first-order valence-corrected chi connectivity index (χ1v) is 5.49. The molecule has 0 spiro atoms. The van der Waals surface area contributed by atoms with Gasteiger partial charge >= 0.3 is 12.0 Å². The Morgan fingerprint density at radius 3 is 2.26 bits per heavy atom. The van der Waals surface area contributed by atoms with Crippen molar-refractivity contribution in [2.75, 3.05) is 12.4 Å². The number of carbonyl (C=O) groups excluding carboxylic acids is 3. The monoisotopic (exact) mass is 265 g/mol. The summed E-state index contributed by atoms with van der Waals surface area (Å²) in [5, 5.41) is 4.82. The van der Waals surface area contributed by atoms with Crippen molar-refractivity contribution in [3.8, 4) is 0 Å². The molecule has 0 unspecified atom stereocenters. The molecule has 1 rings (SSSR count). The minimum Gasteiger partial charge on any atom is -0.465 e. The van der Waals surface area contributed by atoms with Gasteiger partial charge in [-0.1, -0.05) is 0 Å². The lowest BCUT2D eigenvalue weighted by atomic mass is 10.2. The lowest BCUT2D eigenvalue weighted by Crippen LogP contribution is -2.44. The molecular formula is C12H15N3O4. The number of nitrogens with one attached hydrogen (secondary N) is 2. The molecule has 0 radical (unpaired) electrons. The van der Waals surface area contributed by atoms with Crippen LogP contribution in [-0.4, -0.2) is 31.1 Å². The van der Waals surface area contributed by atoms with Crippen LogP contribution in [-0.2, 0) is 9.53 Å². The standard InChI is InChI=1S/C12H15N3O4/c1-7(14-12(13)18)10(16)15-9-5-3-8(4-6-9)11(17)19-2/h3-7H,1-2H3,(H,15,16)(H3,13,14,18)/t7-/m1/s1. The summed E-state index contributed by atoms with van der Waals surface area (Å²) < 4.78 is 4.55. The lowest BCUT2D eigenvalue weighted by Gasteiger charge is -2.12. The number of ether oxygens (including phenoxy) is 1. The van der Waals surface area contributed by atoms with E-state index in [1.807, 2.05) is 0 Å². The molecule has 1 aromatic rings. The average Bonchev–Trinajstić information content (AvgIpc) is 2.37. The van der Waals surface area contributed by atoms with Gasteiger partial charge in [0.25, 0.3) is 0 Å². The smallest absolute Gasteiger partial charge is 0.337 e. The molecule has 7 heteroatoms. The quantitative estimate of drug-likeness (QED) is 0.687. The van der Waals surface area contributed by atoms with Crippen LogP contribution in [0.2, 0.25) is 0 Å². The second kappa shape index (κ2) is 6.39. The van der Waals surface area contributed by atoms with Crippen LogP contribution in [0.3, 0.4) is 0 Å².